The number of halogens is 1. The molecule has 0 aromatic heterocycles. The molecule has 0 rings (SSSR count). The molecule has 1 amide bonds. The average Bonchev–Trinajstić information content (AvgIpc) is 2.72. The van der Waals surface area contributed by atoms with Crippen LogP contribution in [0.1, 0.15) is 124 Å². The largest absolute Gasteiger partial charge is 0.389 e. The van der Waals surface area contributed by atoms with Crippen molar-refractivity contribution in [3.63, 3.8) is 0 Å². The molecule has 2 unspecified atom stereocenters. The van der Waals surface area contributed by atoms with Gasteiger partial charge in [-0.2, -0.15) is 0 Å². The first-order valence-electron chi connectivity index (χ1n) is 12.9. The van der Waals surface area contributed by atoms with Crippen LogP contribution in [-0.4, -0.2) is 40.5 Å². The Bertz CT molecular complexity index is 453. The monoisotopic (exact) mass is 476 g/mol. The second-order valence-corrected chi connectivity index (χ2v) is 9.44. The molecule has 0 aromatic carbocycles. The molecule has 0 spiro atoms. The number of aliphatic hydroxyl groups excluding tert-OH is 1. The Kier molecular flexibility index (Phi) is 23.3. The second kappa shape index (κ2) is 22.2. The fraction of sp³-hybridized carbons (Fsp3) is 0.885. The van der Waals surface area contributed by atoms with Gasteiger partial charge in [-0.25, -0.2) is 0 Å². The van der Waals surface area contributed by atoms with Crippen LogP contribution in [0.5, 0.6) is 0 Å². The second-order valence-electron chi connectivity index (χ2n) is 9.44. The fourth-order valence-electron chi connectivity index (χ4n) is 3.42. The van der Waals surface area contributed by atoms with Crippen molar-refractivity contribution in [2.24, 2.45) is 0 Å². The molecule has 0 aliphatic rings. The summed E-state index contributed by atoms with van der Waals surface area (Å²) in [4.78, 5) is 12.1. The number of allylic oxidation sites excluding steroid dienone is 2. The molecule has 0 radical (unpaired) electrons. The number of aliphatic hydroxyl groups is 2. The molecule has 0 aliphatic heterocycles. The number of unbranched alkanes of at least 4 members (excludes halogenated alkanes) is 11. The minimum absolute atomic E-state index is 0. The molecule has 4 N–H and O–H groups in total. The molecule has 0 saturated carbocycles. The molecule has 0 aromatic rings. The molecular weight excluding hydrogens is 424 g/mol. The maximum Gasteiger partial charge on any atom is 0.221 e. The van der Waals surface area contributed by atoms with Crippen LogP contribution < -0.4 is 10.6 Å². The Balaban J connectivity index is 0. The number of amides is 1. The minimum Gasteiger partial charge on any atom is -0.389 e. The lowest BCUT2D eigenvalue weighted by Crippen LogP contribution is -2.51. The number of hydrogen-bond acceptors (Lipinski definition) is 4. The maximum atomic E-state index is 12.1. The Morgan fingerprint density at radius 2 is 1.38 bits per heavy atom. The molecule has 192 valence electrons. The van der Waals surface area contributed by atoms with E-state index in [1.807, 2.05) is 6.92 Å². The van der Waals surface area contributed by atoms with Gasteiger partial charge >= 0.3 is 0 Å². The van der Waals surface area contributed by atoms with Gasteiger partial charge in [0.05, 0.1) is 17.9 Å². The first-order valence-corrected chi connectivity index (χ1v) is 12.9. The summed E-state index contributed by atoms with van der Waals surface area (Å²) in [5.41, 5.74) is -1.15. The van der Waals surface area contributed by atoms with E-state index < -0.39 is 11.7 Å². The molecule has 2 atom stereocenters. The van der Waals surface area contributed by atoms with E-state index in [4.69, 9.17) is 0 Å². The van der Waals surface area contributed by atoms with E-state index in [0.717, 1.165) is 19.3 Å². The summed E-state index contributed by atoms with van der Waals surface area (Å²) in [6.07, 6.45) is 21.2. The first kappa shape index (κ1) is 33.6. The van der Waals surface area contributed by atoms with Gasteiger partial charge in [0.15, 0.2) is 0 Å². The molecular formula is C26H53ClN2O3. The van der Waals surface area contributed by atoms with Crippen molar-refractivity contribution < 1.29 is 15.0 Å². The van der Waals surface area contributed by atoms with Gasteiger partial charge in [0.25, 0.3) is 0 Å². The smallest absolute Gasteiger partial charge is 0.221 e. The van der Waals surface area contributed by atoms with E-state index in [1.54, 1.807) is 13.8 Å². The van der Waals surface area contributed by atoms with Gasteiger partial charge in [-0.3, -0.25) is 10.1 Å². The topological polar surface area (TPSA) is 81.6 Å². The molecule has 5 nitrogen and oxygen atoms in total. The lowest BCUT2D eigenvalue weighted by Gasteiger charge is -2.27. The van der Waals surface area contributed by atoms with E-state index in [1.165, 1.54) is 70.6 Å². The lowest BCUT2D eigenvalue weighted by atomic mass is 10.0. The highest BCUT2D eigenvalue weighted by Crippen LogP contribution is 2.10. The third-order valence-corrected chi connectivity index (χ3v) is 5.78. The van der Waals surface area contributed by atoms with Crippen LogP contribution in [0.3, 0.4) is 0 Å². The zero-order chi connectivity index (χ0) is 23.4. The van der Waals surface area contributed by atoms with Crippen molar-refractivity contribution in [2.75, 3.05) is 6.54 Å². The SMILES string of the molecule is CCCCCCCC/C=C\CCCCCCCC(=O)NC(CC)NCC(O)C(C)(C)O.Cl. The summed E-state index contributed by atoms with van der Waals surface area (Å²) >= 11 is 0. The highest BCUT2D eigenvalue weighted by Gasteiger charge is 2.24. The minimum atomic E-state index is -1.15. The summed E-state index contributed by atoms with van der Waals surface area (Å²) < 4.78 is 0. The Hall–Kier alpha value is -0.620. The first-order chi connectivity index (χ1) is 14.8. The van der Waals surface area contributed by atoms with Gasteiger partial charge in [-0.05, 0) is 52.4 Å². The van der Waals surface area contributed by atoms with Gasteiger partial charge in [-0.15, -0.1) is 12.4 Å². The Morgan fingerprint density at radius 1 is 0.875 bits per heavy atom. The number of nitrogens with one attached hydrogen (secondary N) is 2. The standard InChI is InChI=1S/C26H52N2O3.ClH/c1-5-7-8-9-10-11-12-13-14-15-16-17-18-19-20-21-25(30)28-24(6-2)27-22-23(29)26(3,4)31;/h13-14,23-24,27,29,31H,5-12,15-22H2,1-4H3,(H,28,30);1H/b14-13-;. The van der Waals surface area contributed by atoms with Crippen LogP contribution in [0.4, 0.5) is 0 Å². The van der Waals surface area contributed by atoms with Crippen molar-refractivity contribution in [1.29, 1.82) is 0 Å². The van der Waals surface area contributed by atoms with Crippen molar-refractivity contribution in [3.8, 4) is 0 Å². The predicted octanol–water partition coefficient (Wildman–Crippen LogP) is 6.02. The van der Waals surface area contributed by atoms with Crippen LogP contribution in [0.25, 0.3) is 0 Å². The highest BCUT2D eigenvalue weighted by atomic mass is 35.5. The van der Waals surface area contributed by atoms with Crippen molar-refractivity contribution in [3.05, 3.63) is 12.2 Å². The summed E-state index contributed by atoms with van der Waals surface area (Å²) in [6, 6.07) is 0. The van der Waals surface area contributed by atoms with Gasteiger partial charge < -0.3 is 15.5 Å². The number of carbonyl (C=O) groups excluding carboxylic acids is 1. The lowest BCUT2D eigenvalue weighted by molar-refractivity contribution is -0.122. The van der Waals surface area contributed by atoms with E-state index in [0.29, 0.717) is 6.42 Å². The molecule has 0 fully saturated rings. The van der Waals surface area contributed by atoms with Crippen LogP contribution in [0.2, 0.25) is 0 Å². The molecule has 0 heterocycles. The van der Waals surface area contributed by atoms with Crippen molar-refractivity contribution in [1.82, 2.24) is 10.6 Å². The zero-order valence-corrected chi connectivity index (χ0v) is 22.2. The summed E-state index contributed by atoms with van der Waals surface area (Å²) in [7, 11) is 0. The fourth-order valence-corrected chi connectivity index (χ4v) is 3.42. The zero-order valence-electron chi connectivity index (χ0n) is 21.3. The quantitative estimate of drug-likeness (QED) is 0.0927. The molecule has 0 saturated heterocycles. The van der Waals surface area contributed by atoms with Gasteiger partial charge in [0.2, 0.25) is 5.91 Å². The summed E-state index contributed by atoms with van der Waals surface area (Å²) in [5, 5.41) is 25.7. The van der Waals surface area contributed by atoms with Crippen molar-refractivity contribution in [2.45, 2.75) is 142 Å². The third kappa shape index (κ3) is 21.2. The van der Waals surface area contributed by atoms with Gasteiger partial charge in [0, 0.05) is 13.0 Å². The molecule has 0 bridgehead atoms. The molecule has 0 aliphatic carbocycles. The van der Waals surface area contributed by atoms with E-state index in [9.17, 15) is 15.0 Å². The molecule has 6 heteroatoms. The van der Waals surface area contributed by atoms with Gasteiger partial charge in [-0.1, -0.05) is 77.4 Å². The van der Waals surface area contributed by atoms with E-state index in [2.05, 4.69) is 29.7 Å². The number of rotatable bonds is 21. The summed E-state index contributed by atoms with van der Waals surface area (Å²) in [6.45, 7) is 7.64. The van der Waals surface area contributed by atoms with E-state index in [-0.39, 0.29) is 31.0 Å². The normalized spacial score (nSPS) is 13.7. The third-order valence-electron chi connectivity index (χ3n) is 5.78. The molecule has 32 heavy (non-hydrogen) atoms. The van der Waals surface area contributed by atoms with Gasteiger partial charge in [0.1, 0.15) is 0 Å². The maximum absolute atomic E-state index is 12.1. The van der Waals surface area contributed by atoms with Crippen LogP contribution in [0.15, 0.2) is 12.2 Å². The Morgan fingerprint density at radius 3 is 1.88 bits per heavy atom. The summed E-state index contributed by atoms with van der Waals surface area (Å²) in [5.74, 6) is 0.0507. The van der Waals surface area contributed by atoms with Crippen LogP contribution >= 0.6 is 12.4 Å². The predicted molar refractivity (Wildman–Crippen MR) is 139 cm³/mol. The van der Waals surface area contributed by atoms with Crippen LogP contribution in [-0.2, 0) is 4.79 Å². The van der Waals surface area contributed by atoms with E-state index >= 15 is 0 Å². The van der Waals surface area contributed by atoms with Crippen molar-refractivity contribution >= 4 is 18.3 Å². The number of hydrogen-bond donors (Lipinski definition) is 4. The average molecular weight is 477 g/mol. The Labute approximate surface area is 204 Å². The highest BCUT2D eigenvalue weighted by molar-refractivity contribution is 5.85. The van der Waals surface area contributed by atoms with Crippen LogP contribution in [0, 0.1) is 0 Å². The number of carbonyl (C=O) groups is 1.